The summed E-state index contributed by atoms with van der Waals surface area (Å²) < 4.78 is 5.32. The zero-order valence-electron chi connectivity index (χ0n) is 11.2. The molecule has 2 N–H and O–H groups in total. The first kappa shape index (κ1) is 15.4. The van der Waals surface area contributed by atoms with Crippen molar-refractivity contribution < 1.29 is 4.52 Å². The van der Waals surface area contributed by atoms with E-state index in [2.05, 4.69) is 15.0 Å². The second-order valence-electron chi connectivity index (χ2n) is 4.94. The van der Waals surface area contributed by atoms with Crippen molar-refractivity contribution in [1.29, 1.82) is 0 Å². The van der Waals surface area contributed by atoms with Crippen LogP contribution < -0.4 is 5.73 Å². The van der Waals surface area contributed by atoms with E-state index in [0.717, 1.165) is 31.1 Å². The molecule has 0 amide bonds. The van der Waals surface area contributed by atoms with Crippen molar-refractivity contribution in [1.82, 2.24) is 15.0 Å². The summed E-state index contributed by atoms with van der Waals surface area (Å²) in [6, 6.07) is 4.00. The van der Waals surface area contributed by atoms with E-state index in [4.69, 9.17) is 10.3 Å². The molecule has 3 rings (SSSR count). The molecule has 2 aromatic rings. The molecular weight excluding hydrogens is 296 g/mol. The Kier molecular flexibility index (Phi) is 5.54. The SMILES string of the molecule is Cl.NCC1CCN(Cc2nc(-c3cccs3)no2)CC1. The van der Waals surface area contributed by atoms with E-state index in [1.54, 1.807) is 11.3 Å². The quantitative estimate of drug-likeness (QED) is 0.938. The molecule has 0 spiro atoms. The molecule has 3 heterocycles. The van der Waals surface area contributed by atoms with Crippen molar-refractivity contribution in [2.75, 3.05) is 19.6 Å². The predicted octanol–water partition coefficient (Wildman–Crippen LogP) is 2.39. The highest BCUT2D eigenvalue weighted by Crippen LogP contribution is 2.22. The van der Waals surface area contributed by atoms with Crippen LogP contribution in [0.4, 0.5) is 0 Å². The smallest absolute Gasteiger partial charge is 0.241 e. The Bertz CT molecular complexity index is 508. The molecule has 20 heavy (non-hydrogen) atoms. The summed E-state index contributed by atoms with van der Waals surface area (Å²) in [5.74, 6) is 2.08. The number of hydrogen-bond donors (Lipinski definition) is 1. The van der Waals surface area contributed by atoms with Crippen LogP contribution in [0.25, 0.3) is 10.7 Å². The molecule has 5 nitrogen and oxygen atoms in total. The molecule has 0 aromatic carbocycles. The van der Waals surface area contributed by atoms with Gasteiger partial charge < -0.3 is 10.3 Å². The molecule has 0 bridgehead atoms. The number of aromatic nitrogens is 2. The van der Waals surface area contributed by atoms with Gasteiger partial charge >= 0.3 is 0 Å². The van der Waals surface area contributed by atoms with Gasteiger partial charge in [-0.05, 0) is 49.8 Å². The predicted molar refractivity (Wildman–Crippen MR) is 81.9 cm³/mol. The van der Waals surface area contributed by atoms with Crippen LogP contribution in [0.1, 0.15) is 18.7 Å². The second kappa shape index (κ2) is 7.17. The summed E-state index contributed by atoms with van der Waals surface area (Å²) in [7, 11) is 0. The molecule has 0 atom stereocenters. The minimum atomic E-state index is 0. The lowest BCUT2D eigenvalue weighted by Crippen LogP contribution is -2.35. The zero-order valence-corrected chi connectivity index (χ0v) is 12.8. The van der Waals surface area contributed by atoms with Gasteiger partial charge in [0.1, 0.15) is 0 Å². The van der Waals surface area contributed by atoms with Gasteiger partial charge in [-0.25, -0.2) is 0 Å². The third-order valence-electron chi connectivity index (χ3n) is 3.61. The molecule has 0 aliphatic carbocycles. The molecular formula is C13H19ClN4OS. The Morgan fingerprint density at radius 3 is 2.85 bits per heavy atom. The highest BCUT2D eigenvalue weighted by molar-refractivity contribution is 7.13. The van der Waals surface area contributed by atoms with Gasteiger partial charge in [0.15, 0.2) is 0 Å². The number of halogens is 1. The van der Waals surface area contributed by atoms with Gasteiger partial charge in [-0.15, -0.1) is 23.7 Å². The lowest BCUT2D eigenvalue weighted by molar-refractivity contribution is 0.161. The normalized spacial score (nSPS) is 17.1. The summed E-state index contributed by atoms with van der Waals surface area (Å²) in [5, 5.41) is 6.05. The van der Waals surface area contributed by atoms with E-state index >= 15 is 0 Å². The Hall–Kier alpha value is -0.950. The first-order chi connectivity index (χ1) is 9.35. The summed E-state index contributed by atoms with van der Waals surface area (Å²) in [6.07, 6.45) is 2.34. The van der Waals surface area contributed by atoms with Crippen LogP contribution in [0, 0.1) is 5.92 Å². The van der Waals surface area contributed by atoms with Crippen LogP contribution in [0.2, 0.25) is 0 Å². The van der Waals surface area contributed by atoms with Gasteiger partial charge in [-0.2, -0.15) is 4.98 Å². The maximum Gasteiger partial charge on any atom is 0.241 e. The van der Waals surface area contributed by atoms with E-state index in [1.807, 2.05) is 17.5 Å². The Balaban J connectivity index is 0.00000147. The molecule has 0 radical (unpaired) electrons. The number of hydrogen-bond acceptors (Lipinski definition) is 6. The van der Waals surface area contributed by atoms with Gasteiger partial charge in [0.25, 0.3) is 0 Å². The Morgan fingerprint density at radius 1 is 1.40 bits per heavy atom. The first-order valence-corrected chi connectivity index (χ1v) is 7.52. The van der Waals surface area contributed by atoms with Crippen LogP contribution in [-0.4, -0.2) is 34.7 Å². The summed E-state index contributed by atoms with van der Waals surface area (Å²) in [5.41, 5.74) is 5.70. The minimum absolute atomic E-state index is 0. The average molecular weight is 315 g/mol. The molecule has 0 unspecified atom stereocenters. The van der Waals surface area contributed by atoms with Gasteiger partial charge in [-0.3, -0.25) is 4.90 Å². The Morgan fingerprint density at radius 2 is 2.20 bits per heavy atom. The second-order valence-corrected chi connectivity index (χ2v) is 5.89. The fourth-order valence-corrected chi connectivity index (χ4v) is 3.05. The average Bonchev–Trinajstić information content (AvgIpc) is 3.10. The van der Waals surface area contributed by atoms with Crippen LogP contribution in [0.3, 0.4) is 0 Å². The van der Waals surface area contributed by atoms with Gasteiger partial charge in [0.05, 0.1) is 11.4 Å². The van der Waals surface area contributed by atoms with Crippen molar-refractivity contribution in [3.63, 3.8) is 0 Å². The monoisotopic (exact) mass is 314 g/mol. The number of nitrogens with zero attached hydrogens (tertiary/aromatic N) is 3. The summed E-state index contributed by atoms with van der Waals surface area (Å²) in [4.78, 5) is 7.86. The zero-order chi connectivity index (χ0) is 13.1. The highest BCUT2D eigenvalue weighted by atomic mass is 35.5. The third-order valence-corrected chi connectivity index (χ3v) is 4.47. The maximum absolute atomic E-state index is 5.70. The van der Waals surface area contributed by atoms with Crippen molar-refractivity contribution >= 4 is 23.7 Å². The fourth-order valence-electron chi connectivity index (χ4n) is 2.40. The summed E-state index contributed by atoms with van der Waals surface area (Å²) >= 11 is 1.63. The van der Waals surface area contributed by atoms with Crippen molar-refractivity contribution in [3.05, 3.63) is 23.4 Å². The molecule has 1 fully saturated rings. The molecule has 7 heteroatoms. The number of rotatable bonds is 4. The minimum Gasteiger partial charge on any atom is -0.338 e. The van der Waals surface area contributed by atoms with Crippen LogP contribution in [-0.2, 0) is 6.54 Å². The number of likely N-dealkylation sites (tertiary alicyclic amines) is 1. The van der Waals surface area contributed by atoms with Crippen molar-refractivity contribution in [2.24, 2.45) is 11.7 Å². The number of piperidine rings is 1. The largest absolute Gasteiger partial charge is 0.338 e. The molecule has 1 saturated heterocycles. The lowest BCUT2D eigenvalue weighted by atomic mass is 9.97. The molecule has 2 aromatic heterocycles. The summed E-state index contributed by atoms with van der Waals surface area (Å²) in [6.45, 7) is 3.68. The molecule has 1 aliphatic rings. The molecule has 1 aliphatic heterocycles. The molecule has 0 saturated carbocycles. The lowest BCUT2D eigenvalue weighted by Gasteiger charge is -2.30. The standard InChI is InChI=1S/C13H18N4OS.ClH/c14-8-10-3-5-17(6-4-10)9-12-15-13(16-18-12)11-2-1-7-19-11;/h1-2,7,10H,3-6,8-9,14H2;1H. The highest BCUT2D eigenvalue weighted by Gasteiger charge is 2.20. The van der Waals surface area contributed by atoms with Gasteiger partial charge in [0, 0.05) is 0 Å². The maximum atomic E-state index is 5.70. The van der Waals surface area contributed by atoms with Gasteiger partial charge in [0.2, 0.25) is 11.7 Å². The van der Waals surface area contributed by atoms with E-state index in [0.29, 0.717) is 17.6 Å². The third kappa shape index (κ3) is 3.58. The fraction of sp³-hybridized carbons (Fsp3) is 0.538. The van der Waals surface area contributed by atoms with Crippen LogP contribution in [0.15, 0.2) is 22.0 Å². The van der Waals surface area contributed by atoms with Crippen molar-refractivity contribution in [3.8, 4) is 10.7 Å². The van der Waals surface area contributed by atoms with Crippen molar-refractivity contribution in [2.45, 2.75) is 19.4 Å². The van der Waals surface area contributed by atoms with E-state index in [1.165, 1.54) is 12.8 Å². The van der Waals surface area contributed by atoms with Gasteiger partial charge in [-0.1, -0.05) is 11.2 Å². The van der Waals surface area contributed by atoms with Crippen LogP contribution >= 0.6 is 23.7 Å². The van der Waals surface area contributed by atoms with E-state index in [-0.39, 0.29) is 12.4 Å². The number of thiophene rings is 1. The van der Waals surface area contributed by atoms with E-state index < -0.39 is 0 Å². The molecule has 110 valence electrons. The number of nitrogens with two attached hydrogens (primary N) is 1. The van der Waals surface area contributed by atoms with Crippen LogP contribution in [0.5, 0.6) is 0 Å². The first-order valence-electron chi connectivity index (χ1n) is 6.64. The topological polar surface area (TPSA) is 68.2 Å². The van der Waals surface area contributed by atoms with E-state index in [9.17, 15) is 0 Å². The Labute approximate surface area is 128 Å².